The van der Waals surface area contributed by atoms with Crippen molar-refractivity contribution in [2.75, 3.05) is 0 Å². The fraction of sp³-hybridized carbons (Fsp3) is 0.350. The van der Waals surface area contributed by atoms with Crippen molar-refractivity contribution in [2.45, 2.75) is 95.6 Å². The first-order valence-corrected chi connectivity index (χ1v) is 16.3. The largest absolute Gasteiger partial charge is 0.489 e. The van der Waals surface area contributed by atoms with Gasteiger partial charge in [0, 0.05) is 17.8 Å². The van der Waals surface area contributed by atoms with Crippen LogP contribution >= 0.6 is 0 Å². The van der Waals surface area contributed by atoms with E-state index in [1.165, 1.54) is 18.4 Å². The number of allylic oxidation sites excluding steroid dienone is 2. The summed E-state index contributed by atoms with van der Waals surface area (Å²) in [4.78, 5) is 8.48. The minimum Gasteiger partial charge on any atom is -0.489 e. The number of aryl methyl sites for hydroxylation is 1. The number of rotatable bonds is 6. The minimum atomic E-state index is 0.550. The van der Waals surface area contributed by atoms with Gasteiger partial charge in [0.15, 0.2) is 5.58 Å². The quantitative estimate of drug-likeness (QED) is 0.182. The molecule has 0 N–H and O–H groups in total. The Morgan fingerprint density at radius 3 is 1.64 bits per heavy atom. The van der Waals surface area contributed by atoms with E-state index in [-0.39, 0.29) is 0 Å². The highest BCUT2D eigenvalue weighted by molar-refractivity contribution is 5.74. The van der Waals surface area contributed by atoms with Crippen molar-refractivity contribution in [3.8, 4) is 17.2 Å². The van der Waals surface area contributed by atoms with Crippen LogP contribution in [0.25, 0.3) is 22.6 Å². The Kier molecular flexibility index (Phi) is 28.9. The molecule has 0 saturated carbocycles. The first-order valence-electron chi connectivity index (χ1n) is 16.3. The van der Waals surface area contributed by atoms with E-state index in [1.807, 2.05) is 134 Å². The van der Waals surface area contributed by atoms with E-state index in [9.17, 15) is 0 Å². The molecule has 240 valence electrons. The van der Waals surface area contributed by atoms with Gasteiger partial charge in [-0.3, -0.25) is 4.98 Å². The predicted molar refractivity (Wildman–Crippen MR) is 194 cm³/mol. The molecule has 0 radical (unpaired) electrons. The topological polar surface area (TPSA) is 48.2 Å². The number of nitrogens with zero attached hydrogens (tertiary/aromatic N) is 2. The summed E-state index contributed by atoms with van der Waals surface area (Å²) < 4.78 is 11.5. The highest BCUT2D eigenvalue weighted by Gasteiger charge is 2.08. The van der Waals surface area contributed by atoms with Crippen LogP contribution < -0.4 is 4.74 Å². The molecule has 0 fully saturated rings. The van der Waals surface area contributed by atoms with Crippen molar-refractivity contribution >= 4 is 11.1 Å². The molecule has 5 rings (SSSR count). The average Bonchev–Trinajstić information content (AvgIpc) is 3.56. The zero-order valence-electron chi connectivity index (χ0n) is 29.3. The summed E-state index contributed by atoms with van der Waals surface area (Å²) in [6, 6.07) is 29.9. The molecule has 4 heteroatoms. The monoisotopic (exact) mass is 598 g/mol. The molecule has 0 bridgehead atoms. The maximum atomic E-state index is 5.78. The van der Waals surface area contributed by atoms with E-state index >= 15 is 0 Å². The number of ether oxygens (including phenoxy) is 1. The van der Waals surface area contributed by atoms with Crippen molar-refractivity contribution in [2.24, 2.45) is 0 Å². The van der Waals surface area contributed by atoms with Gasteiger partial charge < -0.3 is 9.15 Å². The van der Waals surface area contributed by atoms with Crippen LogP contribution in [0.2, 0.25) is 0 Å². The van der Waals surface area contributed by atoms with E-state index in [0.717, 1.165) is 28.0 Å². The third-order valence-electron chi connectivity index (χ3n) is 5.12. The predicted octanol–water partition coefficient (Wildman–Crippen LogP) is 12.9. The molecule has 0 spiro atoms. The van der Waals surface area contributed by atoms with Crippen LogP contribution in [0.1, 0.15) is 93.2 Å². The van der Waals surface area contributed by atoms with Crippen molar-refractivity contribution < 1.29 is 9.15 Å². The van der Waals surface area contributed by atoms with Crippen LogP contribution in [0.5, 0.6) is 5.75 Å². The second-order valence-corrected chi connectivity index (χ2v) is 8.10. The van der Waals surface area contributed by atoms with Crippen LogP contribution in [0.4, 0.5) is 0 Å². The first-order chi connectivity index (χ1) is 21.7. The second kappa shape index (κ2) is 30.3. The lowest BCUT2D eigenvalue weighted by Gasteiger charge is -2.06. The lowest BCUT2D eigenvalue weighted by atomic mass is 10.2. The lowest BCUT2D eigenvalue weighted by Crippen LogP contribution is -1.94. The molecule has 0 unspecified atom stereocenters. The summed E-state index contributed by atoms with van der Waals surface area (Å²) >= 11 is 0. The summed E-state index contributed by atoms with van der Waals surface area (Å²) in [6.45, 7) is 22.9. The standard InChI is InChI=1S/C19H14N2O2.C7H8.C6H12.4C2H6/c1-2-4-14(5-3-1)13-22-16-8-6-15(7-9-16)19-21-17-12-20-11-10-18(17)23-19;1-7-5-3-2-4-6-7;1-3-5-6-4-2;4*1-2/h1-12H,13H2;2-6H,1H3;5-6H,3-4H2,1-2H3;4*1-2H3/b;;6-5-;;;;. The van der Waals surface area contributed by atoms with Gasteiger partial charge in [-0.25, -0.2) is 4.98 Å². The molecule has 0 amide bonds. The first kappa shape index (κ1) is 42.0. The van der Waals surface area contributed by atoms with E-state index in [2.05, 4.69) is 55.0 Å². The molecular weight excluding hydrogens is 540 g/mol. The average molecular weight is 599 g/mol. The molecule has 3 aromatic carbocycles. The smallest absolute Gasteiger partial charge is 0.227 e. The Hall–Kier alpha value is -4.18. The fourth-order valence-electron chi connectivity index (χ4n) is 3.21. The molecule has 0 aliphatic rings. The SMILES string of the molecule is CC.CC.CC.CC.CC/C=C\CC.Cc1ccccc1.c1ccc(COc2ccc(-c3nc4cnccc4o3)cc2)cc1. The molecule has 4 nitrogen and oxygen atoms in total. The molecular formula is C40H58N2O2. The zero-order valence-corrected chi connectivity index (χ0v) is 29.3. The number of pyridine rings is 1. The number of fused-ring (bicyclic) bond motifs is 1. The fourth-order valence-corrected chi connectivity index (χ4v) is 3.21. The summed E-state index contributed by atoms with van der Waals surface area (Å²) in [7, 11) is 0. The van der Waals surface area contributed by atoms with Gasteiger partial charge in [-0.05, 0) is 49.6 Å². The molecule has 0 aliphatic heterocycles. The summed E-state index contributed by atoms with van der Waals surface area (Å²) in [5.41, 5.74) is 4.87. The summed E-state index contributed by atoms with van der Waals surface area (Å²) in [5, 5.41) is 0. The Labute approximate surface area is 269 Å². The van der Waals surface area contributed by atoms with Crippen LogP contribution in [0, 0.1) is 6.92 Å². The van der Waals surface area contributed by atoms with Crippen LogP contribution in [0.15, 0.2) is 120 Å². The van der Waals surface area contributed by atoms with Gasteiger partial charge in [0.1, 0.15) is 17.9 Å². The Balaban J connectivity index is 0. The van der Waals surface area contributed by atoms with Gasteiger partial charge in [0.2, 0.25) is 5.89 Å². The Morgan fingerprint density at radius 2 is 1.18 bits per heavy atom. The molecule has 5 aromatic rings. The number of aromatic nitrogens is 2. The number of benzene rings is 3. The number of oxazole rings is 1. The van der Waals surface area contributed by atoms with Crippen LogP contribution in [-0.2, 0) is 6.61 Å². The summed E-state index contributed by atoms with van der Waals surface area (Å²) in [6.07, 6.45) is 10.1. The third-order valence-corrected chi connectivity index (χ3v) is 5.12. The Bertz CT molecular complexity index is 1260. The third kappa shape index (κ3) is 18.4. The molecule has 0 aliphatic carbocycles. The minimum absolute atomic E-state index is 0.550. The molecule has 2 heterocycles. The lowest BCUT2D eigenvalue weighted by molar-refractivity contribution is 0.306. The van der Waals surface area contributed by atoms with Crippen molar-refractivity contribution in [1.82, 2.24) is 9.97 Å². The van der Waals surface area contributed by atoms with Crippen LogP contribution in [-0.4, -0.2) is 9.97 Å². The highest BCUT2D eigenvalue weighted by atomic mass is 16.5. The zero-order chi connectivity index (χ0) is 33.4. The molecule has 2 aromatic heterocycles. The molecule has 0 saturated heterocycles. The van der Waals surface area contributed by atoms with Gasteiger partial charge in [-0.2, -0.15) is 0 Å². The second-order valence-electron chi connectivity index (χ2n) is 8.10. The van der Waals surface area contributed by atoms with Gasteiger partial charge in [-0.1, -0.05) is 148 Å². The van der Waals surface area contributed by atoms with E-state index in [0.29, 0.717) is 12.5 Å². The highest BCUT2D eigenvalue weighted by Crippen LogP contribution is 2.25. The molecule has 44 heavy (non-hydrogen) atoms. The van der Waals surface area contributed by atoms with Gasteiger partial charge >= 0.3 is 0 Å². The van der Waals surface area contributed by atoms with Gasteiger partial charge in [0.05, 0.1) is 6.20 Å². The van der Waals surface area contributed by atoms with E-state index < -0.39 is 0 Å². The van der Waals surface area contributed by atoms with Gasteiger partial charge in [-0.15, -0.1) is 0 Å². The maximum absolute atomic E-state index is 5.78. The number of hydrogen-bond acceptors (Lipinski definition) is 4. The van der Waals surface area contributed by atoms with Crippen molar-refractivity contribution in [1.29, 1.82) is 0 Å². The Morgan fingerprint density at radius 1 is 0.659 bits per heavy atom. The van der Waals surface area contributed by atoms with E-state index in [4.69, 9.17) is 9.15 Å². The van der Waals surface area contributed by atoms with Gasteiger partial charge in [0.25, 0.3) is 0 Å². The maximum Gasteiger partial charge on any atom is 0.227 e. The number of hydrogen-bond donors (Lipinski definition) is 0. The molecule has 0 atom stereocenters. The van der Waals surface area contributed by atoms with E-state index in [1.54, 1.807) is 12.4 Å². The van der Waals surface area contributed by atoms with Crippen molar-refractivity contribution in [3.63, 3.8) is 0 Å². The van der Waals surface area contributed by atoms with Crippen LogP contribution in [0.3, 0.4) is 0 Å². The summed E-state index contributed by atoms with van der Waals surface area (Å²) in [5.74, 6) is 1.40. The van der Waals surface area contributed by atoms with Crippen molar-refractivity contribution in [3.05, 3.63) is 127 Å². The normalized spacial score (nSPS) is 8.98.